The van der Waals surface area contributed by atoms with Gasteiger partial charge in [0.15, 0.2) is 0 Å². The fourth-order valence-electron chi connectivity index (χ4n) is 2.55. The molecule has 1 aliphatic heterocycles. The number of hydrogen-bond acceptors (Lipinski definition) is 5. The molecule has 1 aliphatic rings. The predicted octanol–water partition coefficient (Wildman–Crippen LogP) is 1.62. The standard InChI is InChI=1S/C15H21N3O5S/c1-2-3-4-15(19)16-9-11-17(12-10-16)24(22,23)14-7-5-13(6-8-14)18(20)21/h5-8H,2-4,9-12H2,1H3. The molecule has 8 nitrogen and oxygen atoms in total. The smallest absolute Gasteiger partial charge is 0.269 e. The third kappa shape index (κ3) is 4.09. The van der Waals surface area contributed by atoms with E-state index < -0.39 is 14.9 Å². The van der Waals surface area contributed by atoms with Crippen LogP contribution in [0.1, 0.15) is 26.2 Å². The van der Waals surface area contributed by atoms with Gasteiger partial charge in [0.25, 0.3) is 5.69 Å². The largest absolute Gasteiger partial charge is 0.340 e. The summed E-state index contributed by atoms with van der Waals surface area (Å²) >= 11 is 0. The summed E-state index contributed by atoms with van der Waals surface area (Å²) in [6.45, 7) is 3.22. The van der Waals surface area contributed by atoms with Crippen molar-refractivity contribution in [1.82, 2.24) is 9.21 Å². The van der Waals surface area contributed by atoms with Gasteiger partial charge in [-0.15, -0.1) is 0 Å². The lowest BCUT2D eigenvalue weighted by Crippen LogP contribution is -2.50. The number of carbonyl (C=O) groups is 1. The zero-order valence-electron chi connectivity index (χ0n) is 13.6. The molecule has 0 saturated carbocycles. The number of non-ortho nitro benzene ring substituents is 1. The maximum Gasteiger partial charge on any atom is 0.269 e. The quantitative estimate of drug-likeness (QED) is 0.570. The Kier molecular flexibility index (Phi) is 5.89. The van der Waals surface area contributed by atoms with Crippen LogP contribution in [-0.4, -0.2) is 54.6 Å². The SMILES string of the molecule is CCCCC(=O)N1CCN(S(=O)(=O)c2ccc([N+](=O)[O-])cc2)CC1. The Balaban J connectivity index is 2.02. The predicted molar refractivity (Wildman–Crippen MR) is 88.0 cm³/mol. The Morgan fingerprint density at radius 3 is 2.25 bits per heavy atom. The van der Waals surface area contributed by atoms with Gasteiger partial charge in [0, 0.05) is 44.7 Å². The summed E-state index contributed by atoms with van der Waals surface area (Å²) in [7, 11) is -3.70. The van der Waals surface area contributed by atoms with Gasteiger partial charge in [-0.2, -0.15) is 4.31 Å². The van der Waals surface area contributed by atoms with Crippen LogP contribution in [0.3, 0.4) is 0 Å². The third-order valence-electron chi connectivity index (χ3n) is 4.02. The molecule has 132 valence electrons. The number of amides is 1. The van der Waals surface area contributed by atoms with Gasteiger partial charge in [0.2, 0.25) is 15.9 Å². The van der Waals surface area contributed by atoms with Crippen LogP contribution in [0.2, 0.25) is 0 Å². The van der Waals surface area contributed by atoms with Gasteiger partial charge in [0.1, 0.15) is 0 Å². The van der Waals surface area contributed by atoms with Crippen LogP contribution >= 0.6 is 0 Å². The van der Waals surface area contributed by atoms with Gasteiger partial charge in [-0.25, -0.2) is 8.42 Å². The fraction of sp³-hybridized carbons (Fsp3) is 0.533. The van der Waals surface area contributed by atoms with Crippen molar-refractivity contribution in [3.63, 3.8) is 0 Å². The number of carbonyl (C=O) groups excluding carboxylic acids is 1. The minimum atomic E-state index is -3.70. The molecule has 0 radical (unpaired) electrons. The molecular weight excluding hydrogens is 334 g/mol. The first-order valence-corrected chi connectivity index (χ1v) is 9.32. The van der Waals surface area contributed by atoms with E-state index in [9.17, 15) is 23.3 Å². The van der Waals surface area contributed by atoms with Crippen molar-refractivity contribution in [1.29, 1.82) is 0 Å². The lowest BCUT2D eigenvalue weighted by Gasteiger charge is -2.34. The Bertz CT molecular complexity index is 694. The Hall–Kier alpha value is -2.00. The number of hydrogen-bond donors (Lipinski definition) is 0. The molecule has 0 aliphatic carbocycles. The summed E-state index contributed by atoms with van der Waals surface area (Å²) in [6.07, 6.45) is 2.27. The van der Waals surface area contributed by atoms with Gasteiger partial charge in [-0.05, 0) is 18.6 Å². The number of unbranched alkanes of at least 4 members (excludes halogenated alkanes) is 1. The molecule has 1 saturated heterocycles. The van der Waals surface area contributed by atoms with Crippen LogP contribution in [0.15, 0.2) is 29.2 Å². The average molecular weight is 355 g/mol. The summed E-state index contributed by atoms with van der Waals surface area (Å²) < 4.78 is 26.5. The van der Waals surface area contributed by atoms with Gasteiger partial charge >= 0.3 is 0 Å². The molecular formula is C15H21N3O5S. The molecule has 24 heavy (non-hydrogen) atoms. The summed E-state index contributed by atoms with van der Waals surface area (Å²) in [5, 5.41) is 10.6. The van der Waals surface area contributed by atoms with Crippen LogP contribution in [0.4, 0.5) is 5.69 Å². The maximum atomic E-state index is 12.6. The molecule has 9 heteroatoms. The van der Waals surface area contributed by atoms with Gasteiger partial charge in [0.05, 0.1) is 9.82 Å². The van der Waals surface area contributed by atoms with E-state index in [4.69, 9.17) is 0 Å². The van der Waals surface area contributed by atoms with Crippen molar-refractivity contribution in [2.24, 2.45) is 0 Å². The molecule has 1 aromatic rings. The second-order valence-corrected chi connectivity index (χ2v) is 7.58. The van der Waals surface area contributed by atoms with E-state index in [0.29, 0.717) is 19.5 Å². The summed E-state index contributed by atoms with van der Waals surface area (Å²) in [5.41, 5.74) is -0.153. The average Bonchev–Trinajstić information content (AvgIpc) is 2.59. The number of benzene rings is 1. The number of sulfonamides is 1. The molecule has 0 aromatic heterocycles. The topological polar surface area (TPSA) is 101 Å². The van der Waals surface area contributed by atoms with Crippen LogP contribution in [0.25, 0.3) is 0 Å². The normalized spacial score (nSPS) is 16.1. The van der Waals surface area contributed by atoms with Gasteiger partial charge in [-0.3, -0.25) is 14.9 Å². The van der Waals surface area contributed by atoms with Gasteiger partial charge < -0.3 is 4.90 Å². The lowest BCUT2D eigenvalue weighted by molar-refractivity contribution is -0.384. The van der Waals surface area contributed by atoms with Crippen LogP contribution in [0, 0.1) is 10.1 Å². The first kappa shape index (κ1) is 18.3. The van der Waals surface area contributed by atoms with Crippen molar-refractivity contribution in [2.45, 2.75) is 31.1 Å². The van der Waals surface area contributed by atoms with E-state index >= 15 is 0 Å². The van der Waals surface area contributed by atoms with Crippen LogP contribution < -0.4 is 0 Å². The summed E-state index contributed by atoms with van der Waals surface area (Å²) in [5.74, 6) is 0.0595. The van der Waals surface area contributed by atoms with E-state index in [1.807, 2.05) is 6.92 Å². The fourth-order valence-corrected chi connectivity index (χ4v) is 3.98. The Morgan fingerprint density at radius 1 is 1.17 bits per heavy atom. The highest BCUT2D eigenvalue weighted by Gasteiger charge is 2.30. The highest BCUT2D eigenvalue weighted by molar-refractivity contribution is 7.89. The molecule has 0 unspecified atom stereocenters. The second kappa shape index (κ2) is 7.71. The van der Waals surface area contributed by atoms with Crippen molar-refractivity contribution in [2.75, 3.05) is 26.2 Å². The maximum absolute atomic E-state index is 12.6. The number of nitro groups is 1. The first-order chi connectivity index (χ1) is 11.4. The van der Waals surface area contributed by atoms with Crippen molar-refractivity contribution in [3.05, 3.63) is 34.4 Å². The monoisotopic (exact) mass is 355 g/mol. The molecule has 2 rings (SSSR count). The minimum Gasteiger partial charge on any atom is -0.340 e. The van der Waals surface area contributed by atoms with E-state index in [0.717, 1.165) is 12.8 Å². The summed E-state index contributed by atoms with van der Waals surface area (Å²) in [6, 6.07) is 4.84. The third-order valence-corrected chi connectivity index (χ3v) is 5.93. The molecule has 1 aromatic carbocycles. The summed E-state index contributed by atoms with van der Waals surface area (Å²) in [4.78, 5) is 23.8. The zero-order chi connectivity index (χ0) is 17.7. The minimum absolute atomic E-state index is 0.0267. The van der Waals surface area contributed by atoms with Crippen LogP contribution in [0.5, 0.6) is 0 Å². The molecule has 0 N–H and O–H groups in total. The van der Waals surface area contributed by atoms with Crippen molar-refractivity contribution < 1.29 is 18.1 Å². The molecule has 0 bridgehead atoms. The highest BCUT2D eigenvalue weighted by atomic mass is 32.2. The highest BCUT2D eigenvalue weighted by Crippen LogP contribution is 2.21. The molecule has 1 heterocycles. The van der Waals surface area contributed by atoms with Gasteiger partial charge in [-0.1, -0.05) is 13.3 Å². The molecule has 1 amide bonds. The first-order valence-electron chi connectivity index (χ1n) is 7.88. The Morgan fingerprint density at radius 2 is 1.75 bits per heavy atom. The van der Waals surface area contributed by atoms with E-state index in [1.165, 1.54) is 28.6 Å². The Labute approximate surface area is 141 Å². The second-order valence-electron chi connectivity index (χ2n) is 5.64. The van der Waals surface area contributed by atoms with E-state index in [1.54, 1.807) is 4.90 Å². The number of nitrogens with zero attached hydrogens (tertiary/aromatic N) is 3. The lowest BCUT2D eigenvalue weighted by atomic mass is 10.2. The van der Waals surface area contributed by atoms with Crippen LogP contribution in [-0.2, 0) is 14.8 Å². The van der Waals surface area contributed by atoms with Crippen molar-refractivity contribution in [3.8, 4) is 0 Å². The molecule has 0 atom stereocenters. The number of piperazine rings is 1. The molecule has 0 spiro atoms. The molecule has 1 fully saturated rings. The zero-order valence-corrected chi connectivity index (χ0v) is 14.4. The number of rotatable bonds is 6. The van der Waals surface area contributed by atoms with E-state index in [2.05, 4.69) is 0 Å². The van der Waals surface area contributed by atoms with Crippen molar-refractivity contribution >= 4 is 21.6 Å². The number of nitro benzene ring substituents is 1. The van der Waals surface area contributed by atoms with E-state index in [-0.39, 0.29) is 29.6 Å².